The Morgan fingerprint density at radius 2 is 2.06 bits per heavy atom. The van der Waals surface area contributed by atoms with Gasteiger partial charge in [0.05, 0.1) is 0 Å². The highest BCUT2D eigenvalue weighted by Crippen LogP contribution is 2.32. The molecule has 0 bridgehead atoms. The molecule has 1 fully saturated rings. The summed E-state index contributed by atoms with van der Waals surface area (Å²) in [6, 6.07) is 0. The summed E-state index contributed by atoms with van der Waals surface area (Å²) in [7, 11) is 0. The van der Waals surface area contributed by atoms with Gasteiger partial charge < -0.3 is 5.32 Å². The minimum atomic E-state index is 0.161. The largest absolute Gasteiger partial charge is 0.362 e. The molecule has 0 aromatic carbocycles. The fraction of sp³-hybridized carbons (Fsp3) is 0.583. The molecule has 1 saturated carbocycles. The third kappa shape index (κ3) is 1.75. The Balaban J connectivity index is 2.00. The first kappa shape index (κ1) is 10.5. The highest BCUT2D eigenvalue weighted by molar-refractivity contribution is 5.63. The molecule has 0 unspecified atom stereocenters. The van der Waals surface area contributed by atoms with Gasteiger partial charge in [0.15, 0.2) is 5.82 Å². The molecule has 2 aromatic rings. The second kappa shape index (κ2) is 3.68. The van der Waals surface area contributed by atoms with Crippen LogP contribution in [0.1, 0.15) is 38.4 Å². The van der Waals surface area contributed by atoms with Gasteiger partial charge in [-0.25, -0.2) is 4.98 Å². The molecule has 2 heterocycles. The number of aryl methyl sites for hydroxylation is 1. The molecule has 5 heteroatoms. The van der Waals surface area contributed by atoms with Crippen LogP contribution in [0.15, 0.2) is 12.4 Å². The van der Waals surface area contributed by atoms with Crippen molar-refractivity contribution >= 4 is 11.5 Å². The van der Waals surface area contributed by atoms with E-state index in [1.165, 1.54) is 25.7 Å². The van der Waals surface area contributed by atoms with Crippen LogP contribution in [0.2, 0.25) is 0 Å². The van der Waals surface area contributed by atoms with Gasteiger partial charge in [-0.2, -0.15) is 0 Å². The number of aromatic nitrogens is 4. The third-order valence-electron chi connectivity index (χ3n) is 3.62. The number of hydrogen-bond donors (Lipinski definition) is 1. The van der Waals surface area contributed by atoms with Gasteiger partial charge in [-0.05, 0) is 26.7 Å². The Bertz CT molecular complexity index is 539. The van der Waals surface area contributed by atoms with Crippen LogP contribution in [0.3, 0.4) is 0 Å². The zero-order chi connectivity index (χ0) is 11.9. The van der Waals surface area contributed by atoms with Gasteiger partial charge >= 0.3 is 0 Å². The minimum absolute atomic E-state index is 0.161. The van der Waals surface area contributed by atoms with E-state index in [2.05, 4.69) is 27.4 Å². The Labute approximate surface area is 100 Å². The van der Waals surface area contributed by atoms with Gasteiger partial charge in [0, 0.05) is 17.9 Å². The van der Waals surface area contributed by atoms with Crippen LogP contribution < -0.4 is 5.32 Å². The molecule has 17 heavy (non-hydrogen) atoms. The summed E-state index contributed by atoms with van der Waals surface area (Å²) in [5, 5.41) is 11.8. The Morgan fingerprint density at radius 3 is 2.82 bits per heavy atom. The fourth-order valence-electron chi connectivity index (χ4n) is 2.60. The first-order chi connectivity index (χ1) is 8.18. The van der Waals surface area contributed by atoms with Crippen LogP contribution in [0.5, 0.6) is 0 Å². The summed E-state index contributed by atoms with van der Waals surface area (Å²) in [5.74, 6) is 1.74. The van der Waals surface area contributed by atoms with E-state index >= 15 is 0 Å². The second-order valence-corrected chi connectivity index (χ2v) is 5.11. The fourth-order valence-corrected chi connectivity index (χ4v) is 2.60. The van der Waals surface area contributed by atoms with E-state index in [0.717, 1.165) is 17.3 Å². The van der Waals surface area contributed by atoms with Crippen LogP contribution in [0.4, 0.5) is 5.82 Å². The van der Waals surface area contributed by atoms with Gasteiger partial charge in [-0.1, -0.05) is 12.8 Å². The van der Waals surface area contributed by atoms with Crippen LogP contribution in [0.25, 0.3) is 5.65 Å². The number of hydrogen-bond acceptors (Lipinski definition) is 4. The van der Waals surface area contributed by atoms with Crippen molar-refractivity contribution in [1.29, 1.82) is 0 Å². The number of nitrogens with one attached hydrogen (secondary N) is 1. The van der Waals surface area contributed by atoms with Crippen molar-refractivity contribution < 1.29 is 0 Å². The molecule has 0 radical (unpaired) electrons. The Hall–Kier alpha value is -1.65. The molecule has 5 nitrogen and oxygen atoms in total. The van der Waals surface area contributed by atoms with Crippen molar-refractivity contribution in [3.05, 3.63) is 18.2 Å². The van der Waals surface area contributed by atoms with Crippen molar-refractivity contribution in [2.24, 2.45) is 0 Å². The molecule has 1 aliphatic rings. The molecule has 3 rings (SSSR count). The van der Waals surface area contributed by atoms with Gasteiger partial charge in [0.2, 0.25) is 5.65 Å². The predicted molar refractivity (Wildman–Crippen MR) is 66.0 cm³/mol. The summed E-state index contributed by atoms with van der Waals surface area (Å²) in [6.45, 7) is 4.20. The van der Waals surface area contributed by atoms with E-state index < -0.39 is 0 Å². The first-order valence-electron chi connectivity index (χ1n) is 6.12. The molecule has 90 valence electrons. The molecule has 0 amide bonds. The van der Waals surface area contributed by atoms with Crippen molar-refractivity contribution in [2.75, 3.05) is 5.32 Å². The summed E-state index contributed by atoms with van der Waals surface area (Å²) in [6.07, 6.45) is 8.67. The lowest BCUT2D eigenvalue weighted by molar-refractivity contribution is 0.531. The average Bonchev–Trinajstić information content (AvgIpc) is 2.88. The quantitative estimate of drug-likeness (QED) is 0.860. The monoisotopic (exact) mass is 231 g/mol. The lowest BCUT2D eigenvalue weighted by Gasteiger charge is -2.25. The molecule has 0 spiro atoms. The second-order valence-electron chi connectivity index (χ2n) is 5.11. The highest BCUT2D eigenvalue weighted by Gasteiger charge is 2.29. The minimum Gasteiger partial charge on any atom is -0.362 e. The van der Waals surface area contributed by atoms with Crippen molar-refractivity contribution in [3.8, 4) is 0 Å². The van der Waals surface area contributed by atoms with E-state index in [9.17, 15) is 0 Å². The van der Waals surface area contributed by atoms with Gasteiger partial charge in [-0.3, -0.25) is 4.40 Å². The van der Waals surface area contributed by atoms with Gasteiger partial charge in [0.25, 0.3) is 0 Å². The zero-order valence-corrected chi connectivity index (χ0v) is 10.3. The van der Waals surface area contributed by atoms with E-state index in [1.807, 2.05) is 17.5 Å². The third-order valence-corrected chi connectivity index (χ3v) is 3.62. The van der Waals surface area contributed by atoms with E-state index in [0.29, 0.717) is 0 Å². The zero-order valence-electron chi connectivity index (χ0n) is 10.3. The Kier molecular flexibility index (Phi) is 2.28. The lowest BCUT2D eigenvalue weighted by Crippen LogP contribution is -2.31. The molecule has 0 atom stereocenters. The number of anilines is 1. The van der Waals surface area contributed by atoms with Crippen molar-refractivity contribution in [1.82, 2.24) is 19.6 Å². The normalized spacial score (nSPS) is 18.7. The highest BCUT2D eigenvalue weighted by atomic mass is 15.3. The van der Waals surface area contributed by atoms with Crippen LogP contribution in [-0.2, 0) is 0 Å². The maximum atomic E-state index is 4.39. The molecule has 0 aliphatic heterocycles. The molecular formula is C12H17N5. The summed E-state index contributed by atoms with van der Waals surface area (Å²) in [5.41, 5.74) is 0.979. The maximum absolute atomic E-state index is 4.39. The summed E-state index contributed by atoms with van der Waals surface area (Å²) < 4.78 is 1.97. The summed E-state index contributed by atoms with van der Waals surface area (Å²) >= 11 is 0. The smallest absolute Gasteiger partial charge is 0.203 e. The topological polar surface area (TPSA) is 55.1 Å². The molecular weight excluding hydrogens is 214 g/mol. The Morgan fingerprint density at radius 1 is 1.29 bits per heavy atom. The van der Waals surface area contributed by atoms with Crippen molar-refractivity contribution in [3.63, 3.8) is 0 Å². The van der Waals surface area contributed by atoms with Gasteiger partial charge in [0.1, 0.15) is 5.82 Å². The van der Waals surface area contributed by atoms with Crippen LogP contribution in [0, 0.1) is 6.92 Å². The number of nitrogens with zero attached hydrogens (tertiary/aromatic N) is 4. The number of fused-ring (bicyclic) bond motifs is 1. The van der Waals surface area contributed by atoms with E-state index in [4.69, 9.17) is 0 Å². The predicted octanol–water partition coefficient (Wildman–Crippen LogP) is 2.18. The average molecular weight is 231 g/mol. The van der Waals surface area contributed by atoms with Crippen molar-refractivity contribution in [2.45, 2.75) is 45.1 Å². The van der Waals surface area contributed by atoms with Crippen LogP contribution in [-0.4, -0.2) is 25.1 Å². The molecule has 1 aliphatic carbocycles. The SMILES string of the molecule is Cc1nnc2c(NC3(C)CCCC3)nccn12. The first-order valence-corrected chi connectivity index (χ1v) is 6.12. The lowest BCUT2D eigenvalue weighted by atomic mass is 10.0. The van der Waals surface area contributed by atoms with E-state index in [-0.39, 0.29) is 5.54 Å². The molecule has 1 N–H and O–H groups in total. The maximum Gasteiger partial charge on any atom is 0.203 e. The molecule has 0 saturated heterocycles. The van der Waals surface area contributed by atoms with E-state index in [1.54, 1.807) is 6.20 Å². The van der Waals surface area contributed by atoms with Gasteiger partial charge in [-0.15, -0.1) is 10.2 Å². The molecule has 2 aromatic heterocycles. The number of rotatable bonds is 2. The van der Waals surface area contributed by atoms with Crippen LogP contribution >= 0.6 is 0 Å². The summed E-state index contributed by atoms with van der Waals surface area (Å²) in [4.78, 5) is 4.39. The standard InChI is InChI=1S/C12H17N5/c1-9-15-16-11-10(13-7-8-17(9)11)14-12(2)5-3-4-6-12/h7-8H,3-6H2,1-2H3,(H,13,14).